The van der Waals surface area contributed by atoms with Crippen LogP contribution in [-0.4, -0.2) is 9.55 Å². The molecule has 6 heteroatoms. The maximum atomic E-state index is 12.0. The third-order valence-corrected chi connectivity index (χ3v) is 3.87. The highest BCUT2D eigenvalue weighted by atomic mass is 79.9. The van der Waals surface area contributed by atoms with E-state index >= 15 is 0 Å². The van der Waals surface area contributed by atoms with Crippen molar-refractivity contribution in [3.8, 4) is 0 Å². The molecular formula is C12H11Br2N3O. The molecule has 0 atom stereocenters. The van der Waals surface area contributed by atoms with Crippen molar-refractivity contribution in [3.05, 3.63) is 55.1 Å². The fourth-order valence-electron chi connectivity index (χ4n) is 1.61. The Hall–Kier alpha value is -1.14. The molecule has 0 spiro atoms. The summed E-state index contributed by atoms with van der Waals surface area (Å²) in [6.07, 6.45) is 1.52. The van der Waals surface area contributed by atoms with Gasteiger partial charge in [-0.05, 0) is 56.5 Å². The van der Waals surface area contributed by atoms with Crippen molar-refractivity contribution in [2.24, 2.45) is 0 Å². The van der Waals surface area contributed by atoms with E-state index in [2.05, 4.69) is 36.8 Å². The molecule has 0 unspecified atom stereocenters. The molecule has 1 aromatic carbocycles. The zero-order valence-electron chi connectivity index (χ0n) is 9.65. The molecule has 0 amide bonds. The Morgan fingerprint density at radius 2 is 2.06 bits per heavy atom. The Balaban J connectivity index is 2.43. The summed E-state index contributed by atoms with van der Waals surface area (Å²) in [4.78, 5) is 16.1. The minimum Gasteiger partial charge on any atom is -0.398 e. The number of nitrogens with two attached hydrogens (primary N) is 1. The summed E-state index contributed by atoms with van der Waals surface area (Å²) < 4.78 is 2.91. The molecule has 0 saturated carbocycles. The van der Waals surface area contributed by atoms with Gasteiger partial charge in [-0.15, -0.1) is 0 Å². The van der Waals surface area contributed by atoms with E-state index in [0.717, 1.165) is 10.0 Å². The average molecular weight is 373 g/mol. The lowest BCUT2D eigenvalue weighted by Crippen LogP contribution is -2.24. The van der Waals surface area contributed by atoms with Crippen molar-refractivity contribution >= 4 is 37.5 Å². The Morgan fingerprint density at radius 3 is 2.72 bits per heavy atom. The first kappa shape index (κ1) is 13.3. The van der Waals surface area contributed by atoms with Crippen LogP contribution >= 0.6 is 31.9 Å². The standard InChI is InChI=1S/C12H11Br2N3O/c1-7-16-5-10(14)12(18)17(7)6-8-2-3-9(13)11(15)4-8/h2-5H,6,15H2,1H3. The van der Waals surface area contributed by atoms with Crippen LogP contribution in [0.15, 0.2) is 38.1 Å². The summed E-state index contributed by atoms with van der Waals surface area (Å²) >= 11 is 6.53. The molecule has 1 heterocycles. The van der Waals surface area contributed by atoms with Crippen LogP contribution in [0.25, 0.3) is 0 Å². The molecule has 18 heavy (non-hydrogen) atoms. The Bertz CT molecular complexity index is 652. The summed E-state index contributed by atoms with van der Waals surface area (Å²) in [5.74, 6) is 0.671. The van der Waals surface area contributed by atoms with Gasteiger partial charge in [-0.3, -0.25) is 9.36 Å². The van der Waals surface area contributed by atoms with Gasteiger partial charge < -0.3 is 5.73 Å². The number of halogens is 2. The van der Waals surface area contributed by atoms with Gasteiger partial charge in [-0.1, -0.05) is 6.07 Å². The molecule has 0 bridgehead atoms. The topological polar surface area (TPSA) is 60.9 Å². The van der Waals surface area contributed by atoms with Crippen LogP contribution in [-0.2, 0) is 6.54 Å². The van der Waals surface area contributed by atoms with Gasteiger partial charge in [0.25, 0.3) is 5.56 Å². The fraction of sp³-hybridized carbons (Fsp3) is 0.167. The first-order chi connectivity index (χ1) is 8.49. The van der Waals surface area contributed by atoms with E-state index in [-0.39, 0.29) is 5.56 Å². The fourth-order valence-corrected chi connectivity index (χ4v) is 2.17. The third-order valence-electron chi connectivity index (χ3n) is 2.61. The molecule has 2 aromatic rings. The number of nitrogen functional groups attached to an aromatic ring is 1. The largest absolute Gasteiger partial charge is 0.398 e. The normalized spacial score (nSPS) is 10.6. The van der Waals surface area contributed by atoms with Gasteiger partial charge >= 0.3 is 0 Å². The van der Waals surface area contributed by atoms with Gasteiger partial charge in [0, 0.05) is 16.4 Å². The summed E-state index contributed by atoms with van der Waals surface area (Å²) in [6, 6.07) is 5.64. The highest BCUT2D eigenvalue weighted by molar-refractivity contribution is 9.10. The Kier molecular flexibility index (Phi) is 3.87. The predicted molar refractivity (Wildman–Crippen MR) is 78.6 cm³/mol. The summed E-state index contributed by atoms with van der Waals surface area (Å²) in [7, 11) is 0. The van der Waals surface area contributed by atoms with E-state index in [1.54, 1.807) is 11.5 Å². The number of aromatic nitrogens is 2. The number of benzene rings is 1. The quantitative estimate of drug-likeness (QED) is 0.824. The Morgan fingerprint density at radius 1 is 1.33 bits per heavy atom. The van der Waals surface area contributed by atoms with E-state index in [9.17, 15) is 4.79 Å². The smallest absolute Gasteiger partial charge is 0.268 e. The molecule has 94 valence electrons. The first-order valence-corrected chi connectivity index (χ1v) is 6.83. The highest BCUT2D eigenvalue weighted by Gasteiger charge is 2.07. The summed E-state index contributed by atoms with van der Waals surface area (Å²) in [5.41, 5.74) is 7.34. The lowest BCUT2D eigenvalue weighted by molar-refractivity contribution is 0.695. The summed E-state index contributed by atoms with van der Waals surface area (Å²) in [5, 5.41) is 0. The van der Waals surface area contributed by atoms with Gasteiger partial charge in [0.1, 0.15) is 10.3 Å². The van der Waals surface area contributed by atoms with Crippen LogP contribution in [0.1, 0.15) is 11.4 Å². The maximum Gasteiger partial charge on any atom is 0.268 e. The van der Waals surface area contributed by atoms with Crippen molar-refractivity contribution < 1.29 is 0 Å². The van der Waals surface area contributed by atoms with E-state index < -0.39 is 0 Å². The van der Waals surface area contributed by atoms with E-state index in [4.69, 9.17) is 5.73 Å². The molecule has 0 radical (unpaired) electrons. The van der Waals surface area contributed by atoms with Crippen molar-refractivity contribution in [1.29, 1.82) is 0 Å². The van der Waals surface area contributed by atoms with E-state index in [1.165, 1.54) is 6.20 Å². The number of nitrogens with zero attached hydrogens (tertiary/aromatic N) is 2. The Labute approximate surface area is 121 Å². The van der Waals surface area contributed by atoms with Gasteiger partial charge in [0.15, 0.2) is 0 Å². The predicted octanol–water partition coefficient (Wildman–Crippen LogP) is 2.71. The van der Waals surface area contributed by atoms with Gasteiger partial charge in [-0.2, -0.15) is 0 Å². The SMILES string of the molecule is Cc1ncc(Br)c(=O)n1Cc1ccc(Br)c(N)c1. The molecule has 0 aliphatic rings. The molecule has 0 aliphatic carbocycles. The number of anilines is 1. The lowest BCUT2D eigenvalue weighted by atomic mass is 10.2. The van der Waals surface area contributed by atoms with Crippen LogP contribution < -0.4 is 11.3 Å². The van der Waals surface area contributed by atoms with Crippen LogP contribution in [0, 0.1) is 6.92 Å². The zero-order chi connectivity index (χ0) is 13.3. The van der Waals surface area contributed by atoms with Crippen molar-refractivity contribution in [3.63, 3.8) is 0 Å². The molecule has 0 fully saturated rings. The monoisotopic (exact) mass is 371 g/mol. The average Bonchev–Trinajstić information content (AvgIpc) is 2.34. The zero-order valence-corrected chi connectivity index (χ0v) is 12.8. The van der Waals surface area contributed by atoms with Crippen molar-refractivity contribution in [1.82, 2.24) is 9.55 Å². The molecular weight excluding hydrogens is 362 g/mol. The molecule has 1 aromatic heterocycles. The van der Waals surface area contributed by atoms with Crippen LogP contribution in [0.5, 0.6) is 0 Å². The first-order valence-electron chi connectivity index (χ1n) is 5.25. The molecule has 0 aliphatic heterocycles. The number of aryl methyl sites for hydroxylation is 1. The lowest BCUT2D eigenvalue weighted by Gasteiger charge is -2.10. The number of hydrogen-bond acceptors (Lipinski definition) is 3. The minimum absolute atomic E-state index is 0.0935. The number of hydrogen-bond donors (Lipinski definition) is 1. The molecule has 2 N–H and O–H groups in total. The van der Waals surface area contributed by atoms with Gasteiger partial charge in [-0.25, -0.2) is 4.98 Å². The molecule has 4 nitrogen and oxygen atoms in total. The molecule has 2 rings (SSSR count). The number of rotatable bonds is 2. The maximum absolute atomic E-state index is 12.0. The van der Waals surface area contributed by atoms with Crippen molar-refractivity contribution in [2.75, 3.05) is 5.73 Å². The van der Waals surface area contributed by atoms with E-state index in [0.29, 0.717) is 22.5 Å². The second-order valence-electron chi connectivity index (χ2n) is 3.90. The van der Waals surface area contributed by atoms with Crippen LogP contribution in [0.3, 0.4) is 0 Å². The van der Waals surface area contributed by atoms with Gasteiger partial charge in [0.05, 0.1) is 6.54 Å². The third kappa shape index (κ3) is 2.64. The summed E-state index contributed by atoms with van der Waals surface area (Å²) in [6.45, 7) is 2.25. The molecule has 0 saturated heterocycles. The second-order valence-corrected chi connectivity index (χ2v) is 5.61. The second kappa shape index (κ2) is 5.24. The van der Waals surface area contributed by atoms with E-state index in [1.807, 2.05) is 18.2 Å². The van der Waals surface area contributed by atoms with Gasteiger partial charge in [0.2, 0.25) is 0 Å². The van der Waals surface area contributed by atoms with Crippen LogP contribution in [0.2, 0.25) is 0 Å². The highest BCUT2D eigenvalue weighted by Crippen LogP contribution is 2.20. The van der Waals surface area contributed by atoms with Crippen LogP contribution in [0.4, 0.5) is 5.69 Å². The van der Waals surface area contributed by atoms with Crippen molar-refractivity contribution in [2.45, 2.75) is 13.5 Å². The minimum atomic E-state index is -0.0935.